The van der Waals surface area contributed by atoms with Crippen LogP contribution in [-0.4, -0.2) is 23.6 Å². The fourth-order valence-corrected chi connectivity index (χ4v) is 2.86. The van der Waals surface area contributed by atoms with Gasteiger partial charge in [-0.1, -0.05) is 36.4 Å². The molecule has 28 heavy (non-hydrogen) atoms. The third-order valence-electron chi connectivity index (χ3n) is 4.33. The van der Waals surface area contributed by atoms with E-state index in [2.05, 4.69) is 5.32 Å². The zero-order valence-corrected chi connectivity index (χ0v) is 16.0. The van der Waals surface area contributed by atoms with Crippen LogP contribution in [0.4, 0.5) is 5.69 Å². The lowest BCUT2D eigenvalue weighted by molar-refractivity contribution is -0.125. The van der Waals surface area contributed by atoms with Gasteiger partial charge in [-0.3, -0.25) is 4.79 Å². The van der Waals surface area contributed by atoms with Gasteiger partial charge in [0, 0.05) is 18.8 Å². The molecule has 0 aliphatic rings. The summed E-state index contributed by atoms with van der Waals surface area (Å²) in [6.45, 7) is 1.92. The third kappa shape index (κ3) is 4.23. The van der Waals surface area contributed by atoms with Gasteiger partial charge in [-0.15, -0.1) is 0 Å². The summed E-state index contributed by atoms with van der Waals surface area (Å²) >= 11 is 0. The van der Waals surface area contributed by atoms with Crippen molar-refractivity contribution in [2.24, 2.45) is 7.05 Å². The summed E-state index contributed by atoms with van der Waals surface area (Å²) in [5.74, 6) is -0.509. The third-order valence-corrected chi connectivity index (χ3v) is 4.33. The Hall–Kier alpha value is -3.54. The lowest BCUT2D eigenvalue weighted by Gasteiger charge is -2.19. The highest BCUT2D eigenvalue weighted by Crippen LogP contribution is 2.28. The van der Waals surface area contributed by atoms with Gasteiger partial charge in [-0.25, -0.2) is 4.79 Å². The Labute approximate surface area is 163 Å². The second-order valence-electron chi connectivity index (χ2n) is 6.39. The summed E-state index contributed by atoms with van der Waals surface area (Å²) < 4.78 is 12.5. The molecule has 0 spiro atoms. The molecule has 1 heterocycles. The average molecular weight is 378 g/mol. The van der Waals surface area contributed by atoms with Crippen LogP contribution >= 0.6 is 0 Å². The van der Waals surface area contributed by atoms with E-state index in [1.54, 1.807) is 66.3 Å². The normalized spacial score (nSPS) is 11.5. The van der Waals surface area contributed by atoms with Crippen molar-refractivity contribution in [3.8, 4) is 5.75 Å². The zero-order chi connectivity index (χ0) is 20.1. The molecule has 3 rings (SSSR count). The molecule has 0 aliphatic carbocycles. The number of nitrogens with zero attached hydrogens (tertiary/aromatic N) is 1. The Morgan fingerprint density at radius 2 is 1.79 bits per heavy atom. The quantitative estimate of drug-likeness (QED) is 0.661. The van der Waals surface area contributed by atoms with Crippen LogP contribution in [0.3, 0.4) is 0 Å². The largest absolute Gasteiger partial charge is 0.495 e. The number of aryl methyl sites for hydroxylation is 2. The number of carbonyl (C=O) groups excluding carboxylic acids is 2. The summed E-state index contributed by atoms with van der Waals surface area (Å²) in [5, 5.41) is 2.82. The summed E-state index contributed by atoms with van der Waals surface area (Å²) in [4.78, 5) is 25.6. The van der Waals surface area contributed by atoms with Crippen molar-refractivity contribution in [1.82, 2.24) is 4.57 Å². The number of ether oxygens (including phenoxy) is 2. The van der Waals surface area contributed by atoms with Crippen molar-refractivity contribution in [3.05, 3.63) is 83.7 Å². The number of benzene rings is 2. The molecule has 144 valence electrons. The number of hydrogen-bond donors (Lipinski definition) is 1. The van der Waals surface area contributed by atoms with Crippen molar-refractivity contribution in [2.45, 2.75) is 13.0 Å². The highest BCUT2D eigenvalue weighted by molar-refractivity contribution is 5.98. The molecule has 1 aromatic heterocycles. The maximum Gasteiger partial charge on any atom is 0.356 e. The molecule has 1 N–H and O–H groups in total. The Kier molecular flexibility index (Phi) is 5.79. The number of aromatic nitrogens is 1. The van der Waals surface area contributed by atoms with Gasteiger partial charge in [0.15, 0.2) is 0 Å². The molecule has 3 aromatic rings. The molecule has 1 unspecified atom stereocenters. The van der Waals surface area contributed by atoms with Crippen LogP contribution in [0, 0.1) is 6.92 Å². The number of methoxy groups -OCH3 is 1. The molecule has 0 fully saturated rings. The Morgan fingerprint density at radius 1 is 1.04 bits per heavy atom. The summed E-state index contributed by atoms with van der Waals surface area (Å²) in [7, 11) is 3.27. The van der Waals surface area contributed by atoms with Gasteiger partial charge in [0.05, 0.1) is 12.8 Å². The van der Waals surface area contributed by atoms with E-state index in [1.165, 1.54) is 7.11 Å². The fourth-order valence-electron chi connectivity index (χ4n) is 2.86. The Morgan fingerprint density at radius 3 is 2.43 bits per heavy atom. The minimum absolute atomic E-state index is 0.363. The Balaban J connectivity index is 1.89. The lowest BCUT2D eigenvalue weighted by atomic mass is 10.1. The topological polar surface area (TPSA) is 69.6 Å². The standard InChI is InChI=1S/C22H22N2O4/c1-15-11-12-19(27-3)17(14-15)23-21(25)20(16-8-5-4-6-9-16)28-22(26)18-10-7-13-24(18)2/h4-14,20H,1-3H3,(H,23,25). The molecule has 6 heteroatoms. The average Bonchev–Trinajstić information content (AvgIpc) is 3.13. The van der Waals surface area contributed by atoms with Gasteiger partial charge < -0.3 is 19.4 Å². The molecule has 1 amide bonds. The fraction of sp³-hybridized carbons (Fsp3) is 0.182. The van der Waals surface area contributed by atoms with Crippen molar-refractivity contribution < 1.29 is 19.1 Å². The second kappa shape index (κ2) is 8.43. The Bertz CT molecular complexity index is 979. The predicted molar refractivity (Wildman–Crippen MR) is 106 cm³/mol. The summed E-state index contributed by atoms with van der Waals surface area (Å²) in [5.41, 5.74) is 2.42. The van der Waals surface area contributed by atoms with E-state index in [-0.39, 0.29) is 0 Å². The maximum absolute atomic E-state index is 13.0. The van der Waals surface area contributed by atoms with Crippen LogP contribution in [0.2, 0.25) is 0 Å². The first-order valence-electron chi connectivity index (χ1n) is 8.82. The number of hydrogen-bond acceptors (Lipinski definition) is 4. The summed E-state index contributed by atoms with van der Waals surface area (Å²) in [6.07, 6.45) is 0.639. The van der Waals surface area contributed by atoms with Crippen LogP contribution in [0.15, 0.2) is 66.9 Å². The van der Waals surface area contributed by atoms with Gasteiger partial charge >= 0.3 is 5.97 Å². The monoisotopic (exact) mass is 378 g/mol. The van der Waals surface area contributed by atoms with E-state index in [9.17, 15) is 9.59 Å². The summed E-state index contributed by atoms with van der Waals surface area (Å²) in [6, 6.07) is 17.8. The predicted octanol–water partition coefficient (Wildman–Crippen LogP) is 3.88. The van der Waals surface area contributed by atoms with Gasteiger partial charge in [0.25, 0.3) is 5.91 Å². The van der Waals surface area contributed by atoms with Crippen molar-refractivity contribution >= 4 is 17.6 Å². The molecule has 0 aliphatic heterocycles. The minimum Gasteiger partial charge on any atom is -0.495 e. The highest BCUT2D eigenvalue weighted by Gasteiger charge is 2.27. The van der Waals surface area contributed by atoms with E-state index < -0.39 is 18.0 Å². The first kappa shape index (κ1) is 19.2. The van der Waals surface area contributed by atoms with Crippen LogP contribution in [-0.2, 0) is 16.6 Å². The van der Waals surface area contributed by atoms with Crippen molar-refractivity contribution in [1.29, 1.82) is 0 Å². The highest BCUT2D eigenvalue weighted by atomic mass is 16.5. The zero-order valence-electron chi connectivity index (χ0n) is 16.0. The van der Waals surface area contributed by atoms with Gasteiger partial charge in [0.1, 0.15) is 11.4 Å². The van der Waals surface area contributed by atoms with E-state index in [1.807, 2.05) is 19.1 Å². The van der Waals surface area contributed by atoms with E-state index in [0.29, 0.717) is 22.7 Å². The van der Waals surface area contributed by atoms with E-state index in [4.69, 9.17) is 9.47 Å². The number of carbonyl (C=O) groups is 2. The van der Waals surface area contributed by atoms with Crippen molar-refractivity contribution in [3.63, 3.8) is 0 Å². The molecule has 1 atom stereocenters. The smallest absolute Gasteiger partial charge is 0.356 e. The van der Waals surface area contributed by atoms with Crippen molar-refractivity contribution in [2.75, 3.05) is 12.4 Å². The molecule has 0 bridgehead atoms. The van der Waals surface area contributed by atoms with Crippen LogP contribution in [0.1, 0.15) is 27.7 Å². The first-order chi connectivity index (χ1) is 13.5. The number of rotatable bonds is 6. The maximum atomic E-state index is 13.0. The van der Waals surface area contributed by atoms with Gasteiger partial charge in [0.2, 0.25) is 6.10 Å². The molecule has 0 radical (unpaired) electrons. The molecular formula is C22H22N2O4. The van der Waals surface area contributed by atoms with Crippen LogP contribution < -0.4 is 10.1 Å². The van der Waals surface area contributed by atoms with Crippen LogP contribution in [0.25, 0.3) is 0 Å². The lowest BCUT2D eigenvalue weighted by Crippen LogP contribution is -2.26. The van der Waals surface area contributed by atoms with Gasteiger partial charge in [-0.05, 0) is 36.8 Å². The molecule has 6 nitrogen and oxygen atoms in total. The molecular weight excluding hydrogens is 356 g/mol. The van der Waals surface area contributed by atoms with Gasteiger partial charge in [-0.2, -0.15) is 0 Å². The molecule has 0 saturated carbocycles. The number of esters is 1. The number of nitrogens with one attached hydrogen (secondary N) is 1. The second-order valence-corrected chi connectivity index (χ2v) is 6.39. The molecule has 0 saturated heterocycles. The SMILES string of the molecule is COc1ccc(C)cc1NC(=O)C(OC(=O)c1cccn1C)c1ccccc1. The number of amides is 1. The number of anilines is 1. The van der Waals surface area contributed by atoms with Crippen LogP contribution in [0.5, 0.6) is 5.75 Å². The van der Waals surface area contributed by atoms with E-state index in [0.717, 1.165) is 5.56 Å². The molecule has 2 aromatic carbocycles. The first-order valence-corrected chi connectivity index (χ1v) is 8.82. The van der Waals surface area contributed by atoms with E-state index >= 15 is 0 Å². The minimum atomic E-state index is -1.10.